The molecule has 10 heteroatoms. The molecular formula is C13H28O10. The first-order valence-electron chi connectivity index (χ1n) is 6.98. The van der Waals surface area contributed by atoms with Gasteiger partial charge in [-0.15, -0.1) is 0 Å². The Balaban J connectivity index is -0.000000272. The smallest absolute Gasteiger partial charge is 0.303 e. The number of carboxylic acids is 2. The lowest BCUT2D eigenvalue weighted by molar-refractivity contribution is -0.139. The van der Waals surface area contributed by atoms with E-state index in [1.54, 1.807) is 0 Å². The minimum atomic E-state index is -0.954. The van der Waals surface area contributed by atoms with Gasteiger partial charge in [0.15, 0.2) is 0 Å². The van der Waals surface area contributed by atoms with E-state index in [1.807, 2.05) is 0 Å². The third kappa shape index (κ3) is 38.6. The highest BCUT2D eigenvalue weighted by atomic mass is 16.5. The van der Waals surface area contributed by atoms with Crippen LogP contribution < -0.4 is 0 Å². The van der Waals surface area contributed by atoms with Crippen LogP contribution in [-0.4, -0.2) is 93.4 Å². The third-order valence-corrected chi connectivity index (χ3v) is 1.92. The Labute approximate surface area is 134 Å². The molecule has 0 fully saturated rings. The van der Waals surface area contributed by atoms with Crippen molar-refractivity contribution in [3.8, 4) is 0 Å². The summed E-state index contributed by atoms with van der Waals surface area (Å²) >= 11 is 0. The first-order valence-corrected chi connectivity index (χ1v) is 6.98. The Morgan fingerprint density at radius 2 is 1.13 bits per heavy atom. The Morgan fingerprint density at radius 1 is 0.783 bits per heavy atom. The molecule has 0 aliphatic carbocycles. The van der Waals surface area contributed by atoms with Crippen molar-refractivity contribution in [2.24, 2.45) is 0 Å². The van der Waals surface area contributed by atoms with Crippen molar-refractivity contribution in [1.82, 2.24) is 0 Å². The van der Waals surface area contributed by atoms with Crippen molar-refractivity contribution >= 4 is 11.9 Å². The number of ether oxygens (including phenoxy) is 1. The summed E-state index contributed by atoms with van der Waals surface area (Å²) in [6, 6.07) is 0. The first kappa shape index (κ1) is 26.6. The number of hydrogen-bond donors (Lipinski definition) is 7. The molecule has 0 aromatic carbocycles. The number of rotatable bonds is 11. The van der Waals surface area contributed by atoms with E-state index in [1.165, 1.54) is 0 Å². The monoisotopic (exact) mass is 344 g/mol. The maximum absolute atomic E-state index is 9.90. The Hall–Kier alpha value is -1.30. The van der Waals surface area contributed by atoms with Crippen LogP contribution in [-0.2, 0) is 14.3 Å². The van der Waals surface area contributed by atoms with Crippen LogP contribution >= 0.6 is 0 Å². The van der Waals surface area contributed by atoms with Gasteiger partial charge in [0.25, 0.3) is 0 Å². The quantitative estimate of drug-likeness (QED) is 0.207. The summed E-state index contributed by atoms with van der Waals surface area (Å²) in [7, 11) is 0. The van der Waals surface area contributed by atoms with Gasteiger partial charge in [0.2, 0.25) is 0 Å². The fourth-order valence-electron chi connectivity index (χ4n) is 0.841. The van der Waals surface area contributed by atoms with Gasteiger partial charge in [-0.3, -0.25) is 9.59 Å². The average molecular weight is 344 g/mol. The lowest BCUT2D eigenvalue weighted by Crippen LogP contribution is -2.15. The Bertz CT molecular complexity index is 235. The van der Waals surface area contributed by atoms with Crippen molar-refractivity contribution < 1.29 is 50.1 Å². The molecule has 7 N–H and O–H groups in total. The van der Waals surface area contributed by atoms with Gasteiger partial charge in [0.1, 0.15) is 6.10 Å². The SMILES string of the molecule is O=C(O)CCCCC(=O)O.OCC(O)CO.OCCOCCO. The summed E-state index contributed by atoms with van der Waals surface area (Å²) in [4.78, 5) is 19.8. The fourth-order valence-corrected chi connectivity index (χ4v) is 0.841. The lowest BCUT2D eigenvalue weighted by Gasteiger charge is -1.96. The molecule has 0 aliphatic heterocycles. The summed E-state index contributed by atoms with van der Waals surface area (Å²) < 4.78 is 4.63. The molecule has 0 bridgehead atoms. The van der Waals surface area contributed by atoms with Crippen LogP contribution in [0.5, 0.6) is 0 Å². The molecule has 0 amide bonds. The molecule has 0 rings (SSSR count). The zero-order valence-electron chi connectivity index (χ0n) is 13.0. The number of carbonyl (C=O) groups is 2. The van der Waals surface area contributed by atoms with Crippen LogP contribution in [0.25, 0.3) is 0 Å². The summed E-state index contributed by atoms with van der Waals surface area (Å²) in [5.41, 5.74) is 0. The standard InChI is InChI=1S/C6H10O4.C4H10O3.C3H8O3/c7-5(8)3-1-2-4-6(9)10;5-1-3-7-4-2-6;4-1-3(6)2-5/h1-4H2,(H,7,8)(H,9,10);5-6H,1-4H2;3-6H,1-2H2. The largest absolute Gasteiger partial charge is 0.481 e. The van der Waals surface area contributed by atoms with E-state index in [-0.39, 0.29) is 39.3 Å². The third-order valence-electron chi connectivity index (χ3n) is 1.92. The van der Waals surface area contributed by atoms with Crippen LogP contribution in [0, 0.1) is 0 Å². The van der Waals surface area contributed by atoms with Crippen molar-refractivity contribution in [2.75, 3.05) is 39.6 Å². The molecule has 140 valence electrons. The molecule has 0 aromatic rings. The zero-order valence-corrected chi connectivity index (χ0v) is 13.0. The maximum atomic E-state index is 9.90. The Kier molecular flexibility index (Phi) is 26.6. The van der Waals surface area contributed by atoms with Crippen molar-refractivity contribution in [3.63, 3.8) is 0 Å². The van der Waals surface area contributed by atoms with Gasteiger partial charge in [-0.1, -0.05) is 0 Å². The van der Waals surface area contributed by atoms with Crippen LogP contribution in [0.1, 0.15) is 25.7 Å². The molecule has 23 heavy (non-hydrogen) atoms. The van der Waals surface area contributed by atoms with Crippen LogP contribution in [0.3, 0.4) is 0 Å². The molecule has 0 aromatic heterocycles. The van der Waals surface area contributed by atoms with Crippen molar-refractivity contribution in [2.45, 2.75) is 31.8 Å². The zero-order chi connectivity index (χ0) is 18.5. The molecule has 0 radical (unpaired) electrons. The minimum Gasteiger partial charge on any atom is -0.481 e. The molecule has 0 aliphatic rings. The van der Waals surface area contributed by atoms with Gasteiger partial charge < -0.3 is 40.5 Å². The highest BCUT2D eigenvalue weighted by Gasteiger charge is 1.99. The van der Waals surface area contributed by atoms with Gasteiger partial charge in [-0.2, -0.15) is 0 Å². The molecule has 0 saturated carbocycles. The van der Waals surface area contributed by atoms with E-state index in [4.69, 9.17) is 35.7 Å². The predicted molar refractivity (Wildman–Crippen MR) is 78.9 cm³/mol. The molecule has 0 saturated heterocycles. The van der Waals surface area contributed by atoms with Crippen LogP contribution in [0.2, 0.25) is 0 Å². The van der Waals surface area contributed by atoms with E-state index in [2.05, 4.69) is 4.74 Å². The van der Waals surface area contributed by atoms with Gasteiger partial charge in [0, 0.05) is 12.8 Å². The minimum absolute atomic E-state index is 0.0278. The van der Waals surface area contributed by atoms with Crippen molar-refractivity contribution in [3.05, 3.63) is 0 Å². The predicted octanol–water partition coefficient (Wildman–Crippen LogP) is -1.96. The van der Waals surface area contributed by atoms with E-state index in [9.17, 15) is 9.59 Å². The van der Waals surface area contributed by atoms with E-state index < -0.39 is 18.0 Å². The normalized spacial score (nSPS) is 9.48. The molecule has 0 atom stereocenters. The molecule has 0 spiro atoms. The molecule has 0 unspecified atom stereocenters. The second kappa shape index (κ2) is 23.0. The van der Waals surface area contributed by atoms with E-state index in [0.29, 0.717) is 26.1 Å². The number of hydrogen-bond acceptors (Lipinski definition) is 8. The number of carboxylic acid groups (broad SMARTS) is 2. The average Bonchev–Trinajstić information content (AvgIpc) is 2.52. The van der Waals surface area contributed by atoms with E-state index >= 15 is 0 Å². The van der Waals surface area contributed by atoms with Gasteiger partial charge in [0.05, 0.1) is 39.6 Å². The topological polar surface area (TPSA) is 185 Å². The summed E-state index contributed by atoms with van der Waals surface area (Å²) in [6.07, 6.45) is 0.0640. The second-order valence-corrected chi connectivity index (χ2v) is 4.07. The number of aliphatic carboxylic acids is 2. The summed E-state index contributed by atoms with van der Waals surface area (Å²) in [6.45, 7) is -0.0336. The maximum Gasteiger partial charge on any atom is 0.303 e. The lowest BCUT2D eigenvalue weighted by atomic mass is 10.2. The highest BCUT2D eigenvalue weighted by molar-refractivity contribution is 5.67. The van der Waals surface area contributed by atoms with Crippen LogP contribution in [0.4, 0.5) is 0 Å². The number of unbranched alkanes of at least 4 members (excludes halogenated alkanes) is 1. The van der Waals surface area contributed by atoms with Gasteiger partial charge >= 0.3 is 11.9 Å². The molecular weight excluding hydrogens is 316 g/mol. The summed E-state index contributed by atoms with van der Waals surface area (Å²) in [5, 5.41) is 56.5. The van der Waals surface area contributed by atoms with Gasteiger partial charge in [-0.25, -0.2) is 0 Å². The first-order chi connectivity index (χ1) is 10.8. The highest BCUT2D eigenvalue weighted by Crippen LogP contribution is 1.98. The Morgan fingerprint density at radius 3 is 1.30 bits per heavy atom. The molecule has 0 heterocycles. The van der Waals surface area contributed by atoms with Crippen molar-refractivity contribution in [1.29, 1.82) is 0 Å². The second-order valence-electron chi connectivity index (χ2n) is 4.07. The fraction of sp³-hybridized carbons (Fsp3) is 0.846. The number of aliphatic hydroxyl groups is 5. The van der Waals surface area contributed by atoms with Crippen LogP contribution in [0.15, 0.2) is 0 Å². The summed E-state index contributed by atoms with van der Waals surface area (Å²) in [5.74, 6) is -1.74. The molecule has 10 nitrogen and oxygen atoms in total. The number of aliphatic hydroxyl groups excluding tert-OH is 5. The van der Waals surface area contributed by atoms with Gasteiger partial charge in [-0.05, 0) is 12.8 Å². The van der Waals surface area contributed by atoms with E-state index in [0.717, 1.165) is 0 Å².